The van der Waals surface area contributed by atoms with Gasteiger partial charge in [-0.05, 0) is 29.8 Å². The smallest absolute Gasteiger partial charge is 0.311 e. The second kappa shape index (κ2) is 11.4. The number of hydrogen-bond donors (Lipinski definition) is 0. The lowest BCUT2D eigenvalue weighted by molar-refractivity contribution is -0.605. The van der Waals surface area contributed by atoms with E-state index in [0.717, 1.165) is 16.0 Å². The van der Waals surface area contributed by atoms with Crippen LogP contribution in [0.1, 0.15) is 27.0 Å². The molecular formula is C23H21Cl2NO6S. The van der Waals surface area contributed by atoms with Gasteiger partial charge in [-0.1, -0.05) is 29.3 Å². The summed E-state index contributed by atoms with van der Waals surface area (Å²) in [6.07, 6.45) is 2.93. The summed E-state index contributed by atoms with van der Waals surface area (Å²) in [6, 6.07) is 8.79. The van der Waals surface area contributed by atoms with Gasteiger partial charge in [-0.25, -0.2) is 0 Å². The minimum absolute atomic E-state index is 0.0458. The fraction of sp³-hybridized carbons (Fsp3) is 0.261. The number of thiophene rings is 1. The van der Waals surface area contributed by atoms with Crippen molar-refractivity contribution in [2.75, 3.05) is 14.2 Å². The third kappa shape index (κ3) is 6.37. The molecule has 0 aliphatic heterocycles. The van der Waals surface area contributed by atoms with Gasteiger partial charge in [0.2, 0.25) is 0 Å². The molecule has 0 bridgehead atoms. The van der Waals surface area contributed by atoms with E-state index in [0.29, 0.717) is 33.8 Å². The highest BCUT2D eigenvalue weighted by atomic mass is 35.5. The number of rotatable bonds is 10. The summed E-state index contributed by atoms with van der Waals surface area (Å²) in [4.78, 5) is 25.2. The summed E-state index contributed by atoms with van der Waals surface area (Å²) in [7, 11) is 3.03. The van der Waals surface area contributed by atoms with Gasteiger partial charge in [0.15, 0.2) is 23.9 Å². The van der Waals surface area contributed by atoms with E-state index < -0.39 is 12.1 Å². The van der Waals surface area contributed by atoms with Crippen molar-refractivity contribution in [2.45, 2.75) is 25.4 Å². The largest absolute Gasteiger partial charge is 0.619 e. The highest BCUT2D eigenvalue weighted by Gasteiger charge is 2.24. The Labute approximate surface area is 205 Å². The van der Waals surface area contributed by atoms with Crippen LogP contribution in [-0.4, -0.2) is 26.5 Å². The van der Waals surface area contributed by atoms with E-state index in [1.54, 1.807) is 24.3 Å². The number of carbonyl (C=O) groups excluding carboxylic acids is 2. The minimum Gasteiger partial charge on any atom is -0.619 e. The van der Waals surface area contributed by atoms with Gasteiger partial charge < -0.3 is 24.2 Å². The maximum absolute atomic E-state index is 12.8. The zero-order valence-electron chi connectivity index (χ0n) is 17.9. The van der Waals surface area contributed by atoms with E-state index in [-0.39, 0.29) is 22.9 Å². The van der Waals surface area contributed by atoms with Gasteiger partial charge in [-0.15, -0.1) is 11.3 Å². The van der Waals surface area contributed by atoms with Crippen molar-refractivity contribution in [3.63, 3.8) is 0 Å². The van der Waals surface area contributed by atoms with Crippen LogP contribution >= 0.6 is 34.5 Å². The summed E-state index contributed by atoms with van der Waals surface area (Å²) in [6.45, 7) is 0. The van der Waals surface area contributed by atoms with Crippen molar-refractivity contribution >= 4 is 46.8 Å². The van der Waals surface area contributed by atoms with Gasteiger partial charge in [-0.2, -0.15) is 4.73 Å². The molecule has 0 unspecified atom stereocenters. The lowest BCUT2D eigenvalue weighted by atomic mass is 10.0. The molecule has 33 heavy (non-hydrogen) atoms. The molecule has 174 valence electrons. The molecule has 7 nitrogen and oxygen atoms in total. The van der Waals surface area contributed by atoms with Crippen molar-refractivity contribution in [1.29, 1.82) is 0 Å². The zero-order valence-corrected chi connectivity index (χ0v) is 20.2. The van der Waals surface area contributed by atoms with Crippen LogP contribution in [0.15, 0.2) is 42.7 Å². The number of pyridine rings is 1. The van der Waals surface area contributed by atoms with Gasteiger partial charge >= 0.3 is 5.97 Å². The number of carbonyl (C=O) groups is 2. The summed E-state index contributed by atoms with van der Waals surface area (Å²) in [5, 5.41) is 11.9. The number of benzene rings is 1. The van der Waals surface area contributed by atoms with Crippen LogP contribution in [0.3, 0.4) is 0 Å². The van der Waals surface area contributed by atoms with Crippen molar-refractivity contribution in [2.24, 2.45) is 0 Å². The molecular weight excluding hydrogens is 489 g/mol. The Kier molecular flexibility index (Phi) is 8.55. The van der Waals surface area contributed by atoms with E-state index in [1.165, 1.54) is 38.0 Å². The number of ether oxygens (including phenoxy) is 3. The quantitative estimate of drug-likeness (QED) is 0.173. The Hall–Kier alpha value is -2.81. The highest BCUT2D eigenvalue weighted by molar-refractivity contribution is 7.12. The number of halogens is 2. The molecule has 0 N–H and O–H groups in total. The van der Waals surface area contributed by atoms with Crippen LogP contribution in [0.5, 0.6) is 11.5 Å². The zero-order chi connectivity index (χ0) is 24.0. The van der Waals surface area contributed by atoms with Crippen LogP contribution < -0.4 is 14.2 Å². The molecule has 3 aromatic rings. The second-order valence-corrected chi connectivity index (χ2v) is 9.07. The van der Waals surface area contributed by atoms with Gasteiger partial charge in [0.25, 0.3) is 0 Å². The molecule has 1 aromatic carbocycles. The van der Waals surface area contributed by atoms with E-state index >= 15 is 0 Å². The number of aldehydes is 1. The Balaban J connectivity index is 1.89. The Morgan fingerprint density at radius 2 is 1.76 bits per heavy atom. The molecule has 3 rings (SSSR count). The number of nitrogens with zero attached hydrogens (tertiary/aromatic N) is 1. The molecule has 0 radical (unpaired) electrons. The van der Waals surface area contributed by atoms with Crippen LogP contribution in [0.2, 0.25) is 10.0 Å². The fourth-order valence-electron chi connectivity index (χ4n) is 3.24. The van der Waals surface area contributed by atoms with Crippen LogP contribution in [0.25, 0.3) is 0 Å². The predicted octanol–water partition coefficient (Wildman–Crippen LogP) is 4.52. The number of esters is 1. The van der Waals surface area contributed by atoms with Crippen LogP contribution in [0.4, 0.5) is 0 Å². The van der Waals surface area contributed by atoms with E-state index in [4.69, 9.17) is 37.4 Å². The van der Waals surface area contributed by atoms with Gasteiger partial charge in [0, 0.05) is 28.2 Å². The standard InChI is InChI=1S/C23H21Cl2NO6S/c1-30-20-6-3-14(9-22(20)31-2)21(11-17-18(24)12-26(29)13-19(17)25)32-23(28)10-16-5-4-15(33-16)7-8-27/h3-6,8-9,12-13,21H,7,10-11H2,1-2H3/t21-/m0/s1. The summed E-state index contributed by atoms with van der Waals surface area (Å²) in [5.41, 5.74) is 1.11. The molecule has 0 saturated carbocycles. The van der Waals surface area contributed by atoms with E-state index in [1.807, 2.05) is 6.07 Å². The van der Waals surface area contributed by atoms with E-state index in [9.17, 15) is 14.8 Å². The third-order valence-electron chi connectivity index (χ3n) is 4.82. The molecule has 0 aliphatic carbocycles. The van der Waals surface area contributed by atoms with Gasteiger partial charge in [-0.3, -0.25) is 4.79 Å². The van der Waals surface area contributed by atoms with Crippen LogP contribution in [-0.2, 0) is 33.6 Å². The average molecular weight is 510 g/mol. The average Bonchev–Trinajstić information content (AvgIpc) is 3.21. The summed E-state index contributed by atoms with van der Waals surface area (Å²) < 4.78 is 17.0. The molecule has 2 aromatic heterocycles. The summed E-state index contributed by atoms with van der Waals surface area (Å²) in [5.74, 6) is 0.530. The fourth-order valence-corrected chi connectivity index (χ4v) is 4.79. The molecule has 0 saturated heterocycles. The molecule has 1 atom stereocenters. The predicted molar refractivity (Wildman–Crippen MR) is 125 cm³/mol. The Morgan fingerprint density at radius 3 is 2.39 bits per heavy atom. The molecule has 0 aliphatic rings. The third-order valence-corrected chi connectivity index (χ3v) is 6.58. The number of hydrogen-bond acceptors (Lipinski definition) is 7. The SMILES string of the molecule is COc1ccc([C@H](Cc2c(Cl)c[n+]([O-])cc2Cl)OC(=O)Cc2ccc(CC=O)s2)cc1OC. The topological polar surface area (TPSA) is 88.8 Å². The first-order valence-corrected chi connectivity index (χ1v) is 11.4. The van der Waals surface area contributed by atoms with E-state index in [2.05, 4.69) is 0 Å². The van der Waals surface area contributed by atoms with Gasteiger partial charge in [0.1, 0.15) is 22.4 Å². The Bertz CT molecular complexity index is 1130. The van der Waals surface area contributed by atoms with Crippen molar-refractivity contribution in [1.82, 2.24) is 0 Å². The second-order valence-electron chi connectivity index (χ2n) is 7.01. The molecule has 2 heterocycles. The number of aromatic nitrogens is 1. The van der Waals surface area contributed by atoms with Crippen molar-refractivity contribution in [3.05, 3.63) is 78.9 Å². The van der Waals surface area contributed by atoms with Crippen molar-refractivity contribution < 1.29 is 28.5 Å². The molecule has 0 amide bonds. The number of methoxy groups -OCH3 is 2. The first kappa shape index (κ1) is 24.8. The highest BCUT2D eigenvalue weighted by Crippen LogP contribution is 2.35. The first-order valence-electron chi connectivity index (χ1n) is 9.84. The first-order chi connectivity index (χ1) is 15.8. The molecule has 10 heteroatoms. The maximum Gasteiger partial charge on any atom is 0.311 e. The van der Waals surface area contributed by atoms with Gasteiger partial charge in [0.05, 0.1) is 20.6 Å². The monoisotopic (exact) mass is 509 g/mol. The lowest BCUT2D eigenvalue weighted by Gasteiger charge is -2.21. The Morgan fingerprint density at radius 1 is 1.09 bits per heavy atom. The molecule has 0 spiro atoms. The van der Waals surface area contributed by atoms with Crippen molar-refractivity contribution in [3.8, 4) is 11.5 Å². The lowest BCUT2D eigenvalue weighted by Crippen LogP contribution is -2.25. The molecule has 0 fully saturated rings. The summed E-state index contributed by atoms with van der Waals surface area (Å²) >= 11 is 13.9. The maximum atomic E-state index is 12.8. The normalized spacial score (nSPS) is 11.6. The minimum atomic E-state index is -0.760. The van der Waals surface area contributed by atoms with Crippen LogP contribution in [0, 0.1) is 5.21 Å².